The molecule has 2 heterocycles. The average molecular weight is 486 g/mol. The van der Waals surface area contributed by atoms with Gasteiger partial charge in [0.25, 0.3) is 5.82 Å². The van der Waals surface area contributed by atoms with Crippen LogP contribution in [0.1, 0.15) is 44.7 Å². The molecular formula is C25H31N3O7. The number of hydrogen-bond donors (Lipinski definition) is 2. The molecule has 1 aromatic heterocycles. The maximum absolute atomic E-state index is 12.7. The smallest absolute Gasteiger partial charge is 0.507 e. The number of aliphatic carboxylic acids is 1. The Labute approximate surface area is 204 Å². The lowest BCUT2D eigenvalue weighted by atomic mass is 9.94. The van der Waals surface area contributed by atoms with Gasteiger partial charge in [0.1, 0.15) is 17.9 Å². The molecule has 3 rings (SSSR count). The van der Waals surface area contributed by atoms with Crippen molar-refractivity contribution in [2.75, 3.05) is 18.1 Å². The molecule has 1 aromatic carbocycles. The van der Waals surface area contributed by atoms with E-state index in [0.717, 1.165) is 11.1 Å². The zero-order chi connectivity index (χ0) is 25.6. The SMILES string of the molecule is CC(C)(C)OC(=O)N(CCCOc1ccc2c(c1)CNC(=O)[C@H](CC(=O)O)C2)c1cccc[n+]1[O-]. The predicted molar refractivity (Wildman–Crippen MR) is 127 cm³/mol. The van der Waals surface area contributed by atoms with Crippen molar-refractivity contribution >= 4 is 23.8 Å². The molecule has 1 aliphatic rings. The van der Waals surface area contributed by atoms with Crippen LogP contribution in [0.3, 0.4) is 0 Å². The van der Waals surface area contributed by atoms with Crippen LogP contribution in [0.4, 0.5) is 10.6 Å². The molecular weight excluding hydrogens is 454 g/mol. The molecule has 35 heavy (non-hydrogen) atoms. The van der Waals surface area contributed by atoms with Gasteiger partial charge in [0.2, 0.25) is 5.91 Å². The third-order valence-corrected chi connectivity index (χ3v) is 5.38. The van der Waals surface area contributed by atoms with E-state index in [1.807, 2.05) is 12.1 Å². The highest BCUT2D eigenvalue weighted by atomic mass is 16.6. The number of nitrogens with one attached hydrogen (secondary N) is 1. The van der Waals surface area contributed by atoms with Crippen molar-refractivity contribution in [3.63, 3.8) is 0 Å². The van der Waals surface area contributed by atoms with E-state index >= 15 is 0 Å². The van der Waals surface area contributed by atoms with Gasteiger partial charge in [-0.1, -0.05) is 12.1 Å². The monoisotopic (exact) mass is 485 g/mol. The minimum atomic E-state index is -1.01. The number of benzene rings is 1. The number of aromatic nitrogens is 1. The molecule has 1 atom stereocenters. The number of pyridine rings is 1. The van der Waals surface area contributed by atoms with Crippen molar-refractivity contribution in [2.24, 2.45) is 5.92 Å². The van der Waals surface area contributed by atoms with Crippen LogP contribution in [0.2, 0.25) is 0 Å². The normalized spacial score (nSPS) is 15.4. The Kier molecular flexibility index (Phi) is 8.16. The van der Waals surface area contributed by atoms with Crippen LogP contribution in [-0.2, 0) is 27.3 Å². The lowest BCUT2D eigenvalue weighted by molar-refractivity contribution is -0.591. The molecule has 0 fully saturated rings. The summed E-state index contributed by atoms with van der Waals surface area (Å²) in [6.07, 6.45) is 1.26. The second-order valence-electron chi connectivity index (χ2n) is 9.37. The van der Waals surface area contributed by atoms with Crippen molar-refractivity contribution in [3.05, 3.63) is 58.9 Å². The lowest BCUT2D eigenvalue weighted by Gasteiger charge is -2.23. The summed E-state index contributed by atoms with van der Waals surface area (Å²) in [6, 6.07) is 10.3. The van der Waals surface area contributed by atoms with Crippen molar-refractivity contribution in [2.45, 2.75) is 52.2 Å². The third-order valence-electron chi connectivity index (χ3n) is 5.38. The number of carbonyl (C=O) groups is 3. The van der Waals surface area contributed by atoms with Crippen molar-refractivity contribution in [1.82, 2.24) is 5.32 Å². The van der Waals surface area contributed by atoms with Crippen LogP contribution in [0.15, 0.2) is 42.6 Å². The molecule has 0 radical (unpaired) electrons. The Balaban J connectivity index is 1.62. The Morgan fingerprint density at radius 2 is 2.00 bits per heavy atom. The molecule has 0 bridgehead atoms. The summed E-state index contributed by atoms with van der Waals surface area (Å²) in [4.78, 5) is 37.3. The number of carboxylic acids is 1. The summed E-state index contributed by atoms with van der Waals surface area (Å²) < 4.78 is 11.9. The van der Waals surface area contributed by atoms with Crippen molar-refractivity contribution in [3.8, 4) is 5.75 Å². The summed E-state index contributed by atoms with van der Waals surface area (Å²) in [7, 11) is 0. The fourth-order valence-electron chi connectivity index (χ4n) is 3.77. The number of hydrogen-bond acceptors (Lipinski definition) is 6. The second-order valence-corrected chi connectivity index (χ2v) is 9.37. The summed E-state index contributed by atoms with van der Waals surface area (Å²) in [5.74, 6) is -1.13. The van der Waals surface area contributed by atoms with Crippen LogP contribution in [-0.4, -0.2) is 41.8 Å². The highest BCUT2D eigenvalue weighted by Crippen LogP contribution is 2.25. The van der Waals surface area contributed by atoms with E-state index in [9.17, 15) is 19.6 Å². The van der Waals surface area contributed by atoms with Gasteiger partial charge in [-0.15, -0.1) is 0 Å². The Morgan fingerprint density at radius 1 is 1.23 bits per heavy atom. The van der Waals surface area contributed by atoms with Crippen molar-refractivity contribution < 1.29 is 33.7 Å². The minimum Gasteiger partial charge on any atom is -0.711 e. The number of fused-ring (bicyclic) bond motifs is 1. The van der Waals surface area contributed by atoms with Crippen LogP contribution in [0, 0.1) is 11.1 Å². The van der Waals surface area contributed by atoms with Gasteiger partial charge in [-0.2, -0.15) is 9.69 Å². The first-order chi connectivity index (χ1) is 16.5. The fraction of sp³-hybridized carbons (Fsp3) is 0.440. The molecule has 0 saturated carbocycles. The van der Waals surface area contributed by atoms with E-state index in [0.29, 0.717) is 29.9 Å². The van der Waals surface area contributed by atoms with Gasteiger partial charge < -0.3 is 25.1 Å². The molecule has 10 nitrogen and oxygen atoms in total. The first-order valence-electron chi connectivity index (χ1n) is 11.5. The first-order valence-corrected chi connectivity index (χ1v) is 11.5. The van der Waals surface area contributed by atoms with Gasteiger partial charge >= 0.3 is 12.1 Å². The third kappa shape index (κ3) is 7.33. The van der Waals surface area contributed by atoms with Gasteiger partial charge in [0.05, 0.1) is 25.1 Å². The Morgan fingerprint density at radius 3 is 2.69 bits per heavy atom. The van der Waals surface area contributed by atoms with Gasteiger partial charge in [-0.05, 0) is 56.5 Å². The zero-order valence-electron chi connectivity index (χ0n) is 20.2. The standard InChI is InChI=1S/C25H31N3O7/c1-25(2,3)35-24(32)27(21-7-4-5-11-28(21)33)10-6-12-34-20-9-8-17-13-18(15-22(29)30)23(31)26-16-19(17)14-20/h4-5,7-9,11,14,18H,6,10,12-13,15-16H2,1-3H3,(H,26,31)(H,29,30)/t18-/m0/s1. The number of anilines is 1. The predicted octanol–water partition coefficient (Wildman–Crippen LogP) is 2.79. The molecule has 10 heteroatoms. The summed E-state index contributed by atoms with van der Waals surface area (Å²) >= 11 is 0. The number of ether oxygens (including phenoxy) is 2. The van der Waals surface area contributed by atoms with Crippen LogP contribution >= 0.6 is 0 Å². The van der Waals surface area contributed by atoms with Gasteiger partial charge in [-0.25, -0.2) is 4.73 Å². The van der Waals surface area contributed by atoms with E-state index < -0.39 is 23.6 Å². The Hall–Kier alpha value is -3.82. The van der Waals surface area contributed by atoms with E-state index in [4.69, 9.17) is 14.6 Å². The minimum absolute atomic E-state index is 0.165. The van der Waals surface area contributed by atoms with E-state index in [2.05, 4.69) is 5.32 Å². The van der Waals surface area contributed by atoms with Gasteiger partial charge in [-0.3, -0.25) is 9.59 Å². The molecule has 1 aliphatic heterocycles. The Bertz CT molecular complexity index is 1080. The lowest BCUT2D eigenvalue weighted by Crippen LogP contribution is -2.44. The largest absolute Gasteiger partial charge is 0.711 e. The van der Waals surface area contributed by atoms with Crippen LogP contribution in [0.5, 0.6) is 5.75 Å². The number of nitrogens with zero attached hydrogens (tertiary/aromatic N) is 2. The number of carboxylic acid groups (broad SMARTS) is 1. The second kappa shape index (κ2) is 11.1. The highest BCUT2D eigenvalue weighted by Gasteiger charge is 2.31. The molecule has 2 N–H and O–H groups in total. The topological polar surface area (TPSA) is 132 Å². The van der Waals surface area contributed by atoms with E-state index in [1.54, 1.807) is 45.0 Å². The number of amides is 2. The summed E-state index contributed by atoms with van der Waals surface area (Å²) in [5, 5.41) is 24.1. The van der Waals surface area contributed by atoms with Crippen LogP contribution < -0.4 is 19.7 Å². The highest BCUT2D eigenvalue weighted by molar-refractivity contribution is 5.86. The molecule has 0 aliphatic carbocycles. The van der Waals surface area contributed by atoms with E-state index in [1.165, 1.54) is 11.1 Å². The molecule has 188 valence electrons. The molecule has 2 amide bonds. The van der Waals surface area contributed by atoms with Crippen molar-refractivity contribution in [1.29, 1.82) is 0 Å². The first kappa shape index (κ1) is 25.8. The average Bonchev–Trinajstić information content (AvgIpc) is 2.91. The maximum Gasteiger partial charge on any atom is 0.507 e. The molecule has 0 unspecified atom stereocenters. The maximum atomic E-state index is 12.7. The summed E-state index contributed by atoms with van der Waals surface area (Å²) in [5.41, 5.74) is 1.06. The van der Waals surface area contributed by atoms with Crippen LogP contribution in [0.25, 0.3) is 0 Å². The quantitative estimate of drug-likeness (QED) is 0.334. The van der Waals surface area contributed by atoms with Gasteiger partial charge in [0.15, 0.2) is 0 Å². The summed E-state index contributed by atoms with van der Waals surface area (Å²) in [6.45, 7) is 6.05. The van der Waals surface area contributed by atoms with Gasteiger partial charge in [0, 0.05) is 19.0 Å². The molecule has 0 saturated heterocycles. The molecule has 0 spiro atoms. The fourth-order valence-corrected chi connectivity index (χ4v) is 3.77. The molecule has 2 aromatic rings. The zero-order valence-corrected chi connectivity index (χ0v) is 20.2. The number of rotatable bonds is 8. The number of carbonyl (C=O) groups excluding carboxylic acids is 2. The van der Waals surface area contributed by atoms with E-state index in [-0.39, 0.29) is 31.3 Å².